The number of carbonyl (C=O) groups is 2. The van der Waals surface area contributed by atoms with Gasteiger partial charge < -0.3 is 4.74 Å². The van der Waals surface area contributed by atoms with Gasteiger partial charge in [0.1, 0.15) is 10.5 Å². The Labute approximate surface area is 170 Å². The molecule has 0 aliphatic heterocycles. The van der Waals surface area contributed by atoms with Gasteiger partial charge >= 0.3 is 5.97 Å². The topological polar surface area (TPSA) is 65.4 Å². The van der Waals surface area contributed by atoms with Crippen LogP contribution in [0.3, 0.4) is 0 Å². The molecule has 3 aromatic rings. The number of hydrogen-bond donors (Lipinski definition) is 0. The van der Waals surface area contributed by atoms with Crippen molar-refractivity contribution in [3.8, 4) is 0 Å². The molecule has 0 bridgehead atoms. The summed E-state index contributed by atoms with van der Waals surface area (Å²) >= 11 is 1.04. The molecule has 148 valence electrons. The van der Waals surface area contributed by atoms with Crippen LogP contribution in [0, 0.1) is 5.82 Å². The minimum absolute atomic E-state index is 0.191. The maximum Gasteiger partial charge on any atom is 0.333 e. The van der Waals surface area contributed by atoms with E-state index < -0.39 is 17.3 Å². The lowest BCUT2D eigenvalue weighted by Gasteiger charge is -2.02. The van der Waals surface area contributed by atoms with Crippen LogP contribution in [0.15, 0.2) is 59.4 Å². The molecule has 0 aliphatic carbocycles. The van der Waals surface area contributed by atoms with Crippen LogP contribution in [0.5, 0.6) is 0 Å². The summed E-state index contributed by atoms with van der Waals surface area (Å²) in [7, 11) is 0. The maximum atomic E-state index is 13.5. The molecule has 2 aromatic carbocycles. The predicted molar refractivity (Wildman–Crippen MR) is 110 cm³/mol. The molecule has 0 fully saturated rings. The molecular weight excluding hydrogens is 393 g/mol. The highest BCUT2D eigenvalue weighted by Gasteiger charge is 2.12. The molecule has 1 heterocycles. The zero-order valence-electron chi connectivity index (χ0n) is 15.6. The van der Waals surface area contributed by atoms with Gasteiger partial charge in [0.2, 0.25) is 0 Å². The molecule has 0 N–H and O–H groups in total. The van der Waals surface area contributed by atoms with E-state index in [0.29, 0.717) is 15.8 Å². The molecule has 0 atom stereocenters. The van der Waals surface area contributed by atoms with Gasteiger partial charge in [-0.3, -0.25) is 14.2 Å². The van der Waals surface area contributed by atoms with Gasteiger partial charge in [-0.1, -0.05) is 42.5 Å². The molecular formula is C22H18FNO4S. The standard InChI is InChI=1S/C22H18FNO4S/c1-2-28-21(26)13-20-24(14-18(25)16-8-4-3-5-9-16)22(27)19(29-20)12-15-7-6-10-17(23)11-15/h3-13H,2,14H2,1H3/b19-12+,20-13-. The lowest BCUT2D eigenvalue weighted by molar-refractivity contribution is -0.135. The number of ketones is 1. The molecule has 7 heteroatoms. The quantitative estimate of drug-likeness (QED) is 0.460. The summed E-state index contributed by atoms with van der Waals surface area (Å²) in [6, 6.07) is 14.4. The van der Waals surface area contributed by atoms with E-state index >= 15 is 0 Å². The number of halogens is 1. The Hall–Kier alpha value is -3.32. The fourth-order valence-electron chi connectivity index (χ4n) is 2.68. The largest absolute Gasteiger partial charge is 0.463 e. The van der Waals surface area contributed by atoms with Gasteiger partial charge in [-0.2, -0.15) is 0 Å². The highest BCUT2D eigenvalue weighted by molar-refractivity contribution is 7.07. The van der Waals surface area contributed by atoms with E-state index in [4.69, 9.17) is 4.74 Å². The normalized spacial score (nSPS) is 12.2. The Bertz CT molecular complexity index is 1210. The number of carbonyl (C=O) groups excluding carboxylic acids is 2. The molecule has 29 heavy (non-hydrogen) atoms. The second-order valence-electron chi connectivity index (χ2n) is 6.08. The van der Waals surface area contributed by atoms with Crippen LogP contribution in [-0.4, -0.2) is 22.9 Å². The average Bonchev–Trinajstić information content (AvgIpc) is 2.97. The summed E-state index contributed by atoms with van der Waals surface area (Å²) in [6.45, 7) is 1.65. The Morgan fingerprint density at radius 3 is 2.59 bits per heavy atom. The third-order valence-electron chi connectivity index (χ3n) is 4.01. The van der Waals surface area contributed by atoms with E-state index in [1.807, 2.05) is 0 Å². The van der Waals surface area contributed by atoms with Gasteiger partial charge in [-0.25, -0.2) is 9.18 Å². The van der Waals surface area contributed by atoms with Crippen molar-refractivity contribution in [3.63, 3.8) is 0 Å². The smallest absolute Gasteiger partial charge is 0.333 e. The van der Waals surface area contributed by atoms with Crippen molar-refractivity contribution >= 4 is 35.2 Å². The summed E-state index contributed by atoms with van der Waals surface area (Å²) in [5.41, 5.74) is 0.537. The molecule has 0 unspecified atom stereocenters. The number of thiazole rings is 1. The van der Waals surface area contributed by atoms with Gasteiger partial charge in [0, 0.05) is 5.56 Å². The van der Waals surface area contributed by atoms with Gasteiger partial charge in [0.15, 0.2) is 5.78 Å². The number of rotatable bonds is 6. The second-order valence-corrected chi connectivity index (χ2v) is 7.14. The zero-order valence-corrected chi connectivity index (χ0v) is 16.4. The third kappa shape index (κ3) is 5.14. The summed E-state index contributed by atoms with van der Waals surface area (Å²) in [4.78, 5) is 37.4. The molecule has 0 saturated carbocycles. The van der Waals surface area contributed by atoms with Gasteiger partial charge in [0.05, 0.1) is 23.8 Å². The minimum atomic E-state index is -0.605. The summed E-state index contributed by atoms with van der Waals surface area (Å²) in [6.07, 6.45) is 2.72. The van der Waals surface area contributed by atoms with E-state index in [9.17, 15) is 18.8 Å². The summed E-state index contributed by atoms with van der Waals surface area (Å²) < 4.78 is 20.2. The van der Waals surface area contributed by atoms with Gasteiger partial charge in [0.25, 0.3) is 5.56 Å². The van der Waals surface area contributed by atoms with E-state index in [1.54, 1.807) is 43.3 Å². The minimum Gasteiger partial charge on any atom is -0.463 e. The zero-order chi connectivity index (χ0) is 20.8. The van der Waals surface area contributed by atoms with E-state index in [1.165, 1.54) is 34.9 Å². The van der Waals surface area contributed by atoms with Crippen LogP contribution >= 0.6 is 11.3 Å². The number of hydrogen-bond acceptors (Lipinski definition) is 5. The number of Topliss-reactive ketones (excluding diaryl/α,β-unsaturated/α-hetero) is 1. The van der Waals surface area contributed by atoms with Crippen molar-refractivity contribution in [2.75, 3.05) is 6.61 Å². The van der Waals surface area contributed by atoms with Crippen LogP contribution in [0.1, 0.15) is 22.8 Å². The maximum absolute atomic E-state index is 13.5. The molecule has 0 aliphatic rings. The van der Waals surface area contributed by atoms with Crippen LogP contribution in [0.2, 0.25) is 0 Å². The SMILES string of the molecule is CCOC(=O)/C=c1\s/c(=C/c2cccc(F)c2)c(=O)n1CC(=O)c1ccccc1. The van der Waals surface area contributed by atoms with Crippen molar-refractivity contribution in [2.24, 2.45) is 0 Å². The predicted octanol–water partition coefficient (Wildman–Crippen LogP) is 2.10. The molecule has 0 saturated heterocycles. The van der Waals surface area contributed by atoms with Crippen LogP contribution < -0.4 is 14.8 Å². The van der Waals surface area contributed by atoms with Crippen molar-refractivity contribution in [1.29, 1.82) is 0 Å². The number of esters is 1. The number of ether oxygens (including phenoxy) is 1. The van der Waals surface area contributed by atoms with Crippen LogP contribution in [0.25, 0.3) is 12.2 Å². The Kier molecular flexibility index (Phi) is 6.51. The molecule has 3 rings (SSSR count). The molecule has 0 radical (unpaired) electrons. The first-order valence-electron chi connectivity index (χ1n) is 8.91. The van der Waals surface area contributed by atoms with Crippen LogP contribution in [0.4, 0.5) is 4.39 Å². The Morgan fingerprint density at radius 1 is 1.14 bits per heavy atom. The summed E-state index contributed by atoms with van der Waals surface area (Å²) in [5.74, 6) is -1.29. The van der Waals surface area contributed by atoms with Crippen molar-refractivity contribution < 1.29 is 18.7 Å². The fourth-order valence-corrected chi connectivity index (χ4v) is 3.71. The molecule has 1 aromatic heterocycles. The fraction of sp³-hybridized carbons (Fsp3) is 0.136. The van der Waals surface area contributed by atoms with E-state index in [-0.39, 0.29) is 23.5 Å². The Balaban J connectivity index is 2.10. The molecule has 0 amide bonds. The average molecular weight is 411 g/mol. The third-order valence-corrected chi connectivity index (χ3v) is 5.07. The van der Waals surface area contributed by atoms with Crippen molar-refractivity contribution in [3.05, 3.63) is 91.1 Å². The number of benzene rings is 2. The first kappa shape index (κ1) is 20.4. The van der Waals surface area contributed by atoms with Crippen molar-refractivity contribution in [1.82, 2.24) is 4.57 Å². The second kappa shape index (κ2) is 9.25. The lowest BCUT2D eigenvalue weighted by Crippen LogP contribution is -2.34. The van der Waals surface area contributed by atoms with E-state index in [0.717, 1.165) is 11.3 Å². The lowest BCUT2D eigenvalue weighted by atomic mass is 10.1. The van der Waals surface area contributed by atoms with Crippen LogP contribution in [-0.2, 0) is 16.1 Å². The summed E-state index contributed by atoms with van der Waals surface area (Å²) in [5, 5.41) is 0. The van der Waals surface area contributed by atoms with Crippen molar-refractivity contribution in [2.45, 2.75) is 13.5 Å². The van der Waals surface area contributed by atoms with Gasteiger partial charge in [-0.05, 0) is 30.7 Å². The van der Waals surface area contributed by atoms with E-state index in [2.05, 4.69) is 0 Å². The number of nitrogens with zero attached hydrogens (tertiary/aromatic N) is 1. The molecule has 5 nitrogen and oxygen atoms in total. The molecule has 0 spiro atoms. The first-order valence-corrected chi connectivity index (χ1v) is 9.73. The highest BCUT2D eigenvalue weighted by atomic mass is 32.1. The Morgan fingerprint density at radius 2 is 1.90 bits per heavy atom. The number of aromatic nitrogens is 1. The monoisotopic (exact) mass is 411 g/mol. The first-order chi connectivity index (χ1) is 14.0. The highest BCUT2D eigenvalue weighted by Crippen LogP contribution is 2.04. The van der Waals surface area contributed by atoms with Gasteiger partial charge in [-0.15, -0.1) is 11.3 Å².